The van der Waals surface area contributed by atoms with Gasteiger partial charge < -0.3 is 34.2 Å². The lowest BCUT2D eigenvalue weighted by molar-refractivity contribution is -0.121. The van der Waals surface area contributed by atoms with E-state index in [1.165, 1.54) is 21.3 Å². The number of methoxy groups -OCH3 is 3. The second-order valence-electron chi connectivity index (χ2n) is 8.63. The number of hydrogen-bond donors (Lipinski definition) is 3. The number of hydrogen-bond acceptors (Lipinski definition) is 8. The van der Waals surface area contributed by atoms with E-state index in [2.05, 4.69) is 5.32 Å². The molecular weight excluding hydrogens is 490 g/mol. The fourth-order valence-electron chi connectivity index (χ4n) is 4.41. The van der Waals surface area contributed by atoms with Crippen LogP contribution < -0.4 is 25.2 Å². The van der Waals surface area contributed by atoms with Gasteiger partial charge in [-0.05, 0) is 53.9 Å². The molecule has 3 N–H and O–H groups in total. The lowest BCUT2D eigenvalue weighted by atomic mass is 9.87. The number of nitrogens with one attached hydrogen (secondary N) is 1. The van der Waals surface area contributed by atoms with Crippen molar-refractivity contribution in [3.8, 4) is 28.7 Å². The number of carbonyl (C=O) groups excluding carboxylic acids is 1. The number of carbonyl (C=O) groups is 1. The molecule has 4 aromatic rings. The van der Waals surface area contributed by atoms with Crippen LogP contribution in [0, 0.1) is 0 Å². The highest BCUT2D eigenvalue weighted by Crippen LogP contribution is 2.43. The number of phenolic OH excluding ortho intramolecular Hbond substituents is 1. The number of phenols is 1. The van der Waals surface area contributed by atoms with Gasteiger partial charge >= 0.3 is 5.63 Å². The molecule has 9 nitrogen and oxygen atoms in total. The summed E-state index contributed by atoms with van der Waals surface area (Å²) in [5, 5.41) is 23.9. The lowest BCUT2D eigenvalue weighted by Gasteiger charge is -2.21. The number of amides is 1. The number of ether oxygens (including phenoxy) is 3. The largest absolute Gasteiger partial charge is 0.508 e. The molecule has 0 saturated carbocycles. The van der Waals surface area contributed by atoms with Crippen molar-refractivity contribution in [3.05, 3.63) is 87.8 Å². The molecule has 38 heavy (non-hydrogen) atoms. The Balaban J connectivity index is 1.72. The second kappa shape index (κ2) is 11.6. The van der Waals surface area contributed by atoms with E-state index in [1.54, 1.807) is 60.7 Å². The Morgan fingerprint density at radius 3 is 2.24 bits per heavy atom. The van der Waals surface area contributed by atoms with Gasteiger partial charge in [-0.25, -0.2) is 4.79 Å². The summed E-state index contributed by atoms with van der Waals surface area (Å²) in [6.45, 7) is 0.337. The first-order valence-electron chi connectivity index (χ1n) is 12.0. The third-order valence-electron chi connectivity index (χ3n) is 6.32. The molecule has 9 heteroatoms. The molecule has 0 radical (unpaired) electrons. The van der Waals surface area contributed by atoms with Crippen LogP contribution in [0.5, 0.6) is 28.7 Å². The van der Waals surface area contributed by atoms with Crippen LogP contribution >= 0.6 is 0 Å². The van der Waals surface area contributed by atoms with Crippen molar-refractivity contribution in [2.24, 2.45) is 0 Å². The van der Waals surface area contributed by atoms with Crippen molar-refractivity contribution >= 4 is 16.9 Å². The average Bonchev–Trinajstić information content (AvgIpc) is 2.92. The summed E-state index contributed by atoms with van der Waals surface area (Å²) < 4.78 is 21.9. The molecule has 0 fully saturated rings. The standard InChI is InChI=1S/C29H29NO8/c1-35-23-14-18(15-24(36-2)28(23)37-3)21(16-25(32)30-13-12-17-8-10-19(31)11-9-17)26-27(33)20-6-4-5-7-22(20)38-29(26)34/h4-11,14-15,21,31,33H,12-13,16H2,1-3H3,(H,30,32)/t21-/m0/s1. The maximum Gasteiger partial charge on any atom is 0.343 e. The van der Waals surface area contributed by atoms with Gasteiger partial charge in [0.25, 0.3) is 0 Å². The lowest BCUT2D eigenvalue weighted by Crippen LogP contribution is -2.28. The molecule has 0 aliphatic rings. The zero-order valence-electron chi connectivity index (χ0n) is 21.3. The Hall–Kier alpha value is -4.66. The van der Waals surface area contributed by atoms with Crippen LogP contribution in [0.4, 0.5) is 0 Å². The third-order valence-corrected chi connectivity index (χ3v) is 6.32. The summed E-state index contributed by atoms with van der Waals surface area (Å²) >= 11 is 0. The van der Waals surface area contributed by atoms with Crippen LogP contribution in [0.2, 0.25) is 0 Å². The maximum atomic E-state index is 13.1. The number of para-hydroxylation sites is 1. The normalized spacial score (nSPS) is 11.7. The minimum atomic E-state index is -0.891. The summed E-state index contributed by atoms with van der Waals surface area (Å²) in [7, 11) is 4.41. The molecule has 1 amide bonds. The summed E-state index contributed by atoms with van der Waals surface area (Å²) in [6.07, 6.45) is 0.384. The zero-order valence-corrected chi connectivity index (χ0v) is 21.3. The summed E-state index contributed by atoms with van der Waals surface area (Å²) in [5.41, 5.74) is 0.868. The molecule has 0 unspecified atom stereocenters. The molecule has 4 rings (SSSR count). The monoisotopic (exact) mass is 519 g/mol. The van der Waals surface area contributed by atoms with E-state index in [9.17, 15) is 19.8 Å². The van der Waals surface area contributed by atoms with Crippen LogP contribution in [-0.2, 0) is 11.2 Å². The molecule has 1 aromatic heterocycles. The van der Waals surface area contributed by atoms with E-state index < -0.39 is 11.5 Å². The highest BCUT2D eigenvalue weighted by molar-refractivity contribution is 5.85. The van der Waals surface area contributed by atoms with Crippen molar-refractivity contribution < 1.29 is 33.6 Å². The van der Waals surface area contributed by atoms with E-state index in [0.717, 1.165) is 5.56 Å². The molecule has 0 aliphatic heterocycles. The van der Waals surface area contributed by atoms with E-state index in [0.29, 0.717) is 41.2 Å². The van der Waals surface area contributed by atoms with Crippen molar-refractivity contribution in [1.82, 2.24) is 5.32 Å². The summed E-state index contributed by atoms with van der Waals surface area (Å²) in [6, 6.07) is 16.6. The zero-order chi connectivity index (χ0) is 27.2. The SMILES string of the molecule is COc1cc([C@H](CC(=O)NCCc2ccc(O)cc2)c2c(O)c3ccccc3oc2=O)cc(OC)c1OC. The first-order chi connectivity index (χ1) is 18.4. The van der Waals surface area contributed by atoms with Gasteiger partial charge in [0.1, 0.15) is 17.1 Å². The van der Waals surface area contributed by atoms with Gasteiger partial charge in [-0.2, -0.15) is 0 Å². The van der Waals surface area contributed by atoms with Gasteiger partial charge in [0.2, 0.25) is 11.7 Å². The molecular formula is C29H29NO8. The Morgan fingerprint density at radius 2 is 1.61 bits per heavy atom. The molecule has 0 aliphatic carbocycles. The first kappa shape index (κ1) is 26.4. The van der Waals surface area contributed by atoms with E-state index in [-0.39, 0.29) is 35.0 Å². The number of aromatic hydroxyl groups is 2. The fraction of sp³-hybridized carbons (Fsp3) is 0.241. The molecule has 1 atom stereocenters. The van der Waals surface area contributed by atoms with Crippen molar-refractivity contribution in [1.29, 1.82) is 0 Å². The van der Waals surface area contributed by atoms with Crippen LogP contribution in [-0.4, -0.2) is 44.0 Å². The molecule has 3 aromatic carbocycles. The summed E-state index contributed by atoms with van der Waals surface area (Å²) in [5.74, 6) is -0.292. The highest BCUT2D eigenvalue weighted by Gasteiger charge is 2.29. The number of rotatable bonds is 10. The molecule has 1 heterocycles. The van der Waals surface area contributed by atoms with Crippen LogP contribution in [0.3, 0.4) is 0 Å². The van der Waals surface area contributed by atoms with Gasteiger partial charge in [-0.3, -0.25) is 4.79 Å². The topological polar surface area (TPSA) is 127 Å². The molecule has 0 spiro atoms. The number of benzene rings is 3. The Labute approximate surface area is 219 Å². The van der Waals surface area contributed by atoms with Crippen molar-refractivity contribution in [2.75, 3.05) is 27.9 Å². The minimum absolute atomic E-state index is 0.0494. The van der Waals surface area contributed by atoms with Gasteiger partial charge in [0, 0.05) is 18.9 Å². The second-order valence-corrected chi connectivity index (χ2v) is 8.63. The van der Waals surface area contributed by atoms with Gasteiger partial charge in [0.15, 0.2) is 11.5 Å². The van der Waals surface area contributed by atoms with Gasteiger partial charge in [0.05, 0.1) is 32.3 Å². The molecule has 0 bridgehead atoms. The Kier molecular flexibility index (Phi) is 8.06. The minimum Gasteiger partial charge on any atom is -0.508 e. The van der Waals surface area contributed by atoms with Crippen LogP contribution in [0.15, 0.2) is 69.9 Å². The smallest absolute Gasteiger partial charge is 0.343 e. The maximum absolute atomic E-state index is 13.1. The van der Waals surface area contributed by atoms with E-state index >= 15 is 0 Å². The fourth-order valence-corrected chi connectivity index (χ4v) is 4.41. The highest BCUT2D eigenvalue weighted by atomic mass is 16.5. The van der Waals surface area contributed by atoms with Gasteiger partial charge in [-0.1, -0.05) is 24.3 Å². The predicted octanol–water partition coefficient (Wildman–Crippen LogP) is 4.11. The van der Waals surface area contributed by atoms with Crippen molar-refractivity contribution in [2.45, 2.75) is 18.8 Å². The predicted molar refractivity (Wildman–Crippen MR) is 142 cm³/mol. The first-order valence-corrected chi connectivity index (χ1v) is 12.0. The molecule has 0 saturated heterocycles. The van der Waals surface area contributed by atoms with Crippen molar-refractivity contribution in [3.63, 3.8) is 0 Å². The van der Waals surface area contributed by atoms with Gasteiger partial charge in [-0.15, -0.1) is 0 Å². The van der Waals surface area contributed by atoms with Crippen LogP contribution in [0.1, 0.15) is 29.0 Å². The quantitative estimate of drug-likeness (QED) is 0.267. The molecule has 198 valence electrons. The average molecular weight is 520 g/mol. The number of fused-ring (bicyclic) bond motifs is 1. The van der Waals surface area contributed by atoms with E-state index in [4.69, 9.17) is 18.6 Å². The van der Waals surface area contributed by atoms with Crippen LogP contribution in [0.25, 0.3) is 11.0 Å². The summed E-state index contributed by atoms with van der Waals surface area (Å²) in [4.78, 5) is 26.3. The Morgan fingerprint density at radius 1 is 0.947 bits per heavy atom. The Bertz CT molecular complexity index is 1470. The van der Waals surface area contributed by atoms with E-state index in [1.807, 2.05) is 0 Å². The third kappa shape index (κ3) is 5.51.